The second-order valence-electron chi connectivity index (χ2n) is 5.53. The second kappa shape index (κ2) is 6.99. The molecule has 1 saturated heterocycles. The number of benzene rings is 1. The Labute approximate surface area is 134 Å². The molecule has 0 spiro atoms. The van der Waals surface area contributed by atoms with Crippen molar-refractivity contribution >= 4 is 15.9 Å². The van der Waals surface area contributed by atoms with Crippen LogP contribution in [0.1, 0.15) is 31.4 Å². The van der Waals surface area contributed by atoms with Gasteiger partial charge in [0.2, 0.25) is 0 Å². The zero-order chi connectivity index (χ0) is 14.7. The van der Waals surface area contributed by atoms with Crippen LogP contribution in [0.4, 0.5) is 0 Å². The van der Waals surface area contributed by atoms with Crippen molar-refractivity contribution in [3.05, 3.63) is 22.2 Å². The quantitative estimate of drug-likeness (QED) is 0.899. The van der Waals surface area contributed by atoms with Crippen LogP contribution < -0.4 is 14.8 Å². The summed E-state index contributed by atoms with van der Waals surface area (Å²) in [6.07, 6.45) is 2.15. The van der Waals surface area contributed by atoms with Gasteiger partial charge in [-0.05, 0) is 46.6 Å². The van der Waals surface area contributed by atoms with Crippen LogP contribution in [-0.2, 0) is 4.74 Å². The van der Waals surface area contributed by atoms with Gasteiger partial charge in [-0.15, -0.1) is 0 Å². The van der Waals surface area contributed by atoms with Crippen molar-refractivity contribution in [2.75, 3.05) is 32.9 Å². The molecule has 2 atom stereocenters. The lowest BCUT2D eigenvalue weighted by atomic mass is 9.95. The van der Waals surface area contributed by atoms with E-state index < -0.39 is 0 Å². The maximum atomic E-state index is 5.97. The molecular formula is C16H22BrNO3. The molecule has 3 rings (SSSR count). The molecule has 5 heteroatoms. The maximum absolute atomic E-state index is 5.97. The summed E-state index contributed by atoms with van der Waals surface area (Å²) in [6.45, 7) is 6.35. The molecule has 0 radical (unpaired) electrons. The van der Waals surface area contributed by atoms with Gasteiger partial charge in [0.05, 0.1) is 23.8 Å². The van der Waals surface area contributed by atoms with Gasteiger partial charge in [0.15, 0.2) is 11.5 Å². The van der Waals surface area contributed by atoms with Gasteiger partial charge in [-0.3, -0.25) is 0 Å². The van der Waals surface area contributed by atoms with E-state index >= 15 is 0 Å². The van der Waals surface area contributed by atoms with Crippen LogP contribution >= 0.6 is 15.9 Å². The first-order valence-electron chi connectivity index (χ1n) is 7.71. The van der Waals surface area contributed by atoms with Gasteiger partial charge >= 0.3 is 0 Å². The summed E-state index contributed by atoms with van der Waals surface area (Å²) in [6, 6.07) is 4.20. The Kier molecular flexibility index (Phi) is 5.03. The molecular weight excluding hydrogens is 334 g/mol. The molecule has 4 nitrogen and oxygen atoms in total. The van der Waals surface area contributed by atoms with Crippen LogP contribution in [0.15, 0.2) is 16.6 Å². The average molecular weight is 356 g/mol. The first-order chi connectivity index (χ1) is 10.3. The number of rotatable bonds is 4. The smallest absolute Gasteiger partial charge is 0.175 e. The van der Waals surface area contributed by atoms with E-state index in [-0.39, 0.29) is 6.10 Å². The van der Waals surface area contributed by atoms with E-state index in [9.17, 15) is 0 Å². The molecule has 2 heterocycles. The number of fused-ring (bicyclic) bond motifs is 1. The molecule has 0 aliphatic carbocycles. The molecule has 1 fully saturated rings. The third-order valence-corrected chi connectivity index (χ3v) is 4.61. The SMILES string of the molecule is CCNCC1CCOC1c1cc(Br)c2c(c1)OCCCO2. The summed E-state index contributed by atoms with van der Waals surface area (Å²) in [4.78, 5) is 0. The lowest BCUT2D eigenvalue weighted by Gasteiger charge is -2.21. The summed E-state index contributed by atoms with van der Waals surface area (Å²) in [5, 5.41) is 3.43. The maximum Gasteiger partial charge on any atom is 0.175 e. The van der Waals surface area contributed by atoms with Crippen molar-refractivity contribution in [3.8, 4) is 11.5 Å². The molecule has 2 aliphatic rings. The topological polar surface area (TPSA) is 39.7 Å². The average Bonchev–Trinajstić information content (AvgIpc) is 2.82. The fraction of sp³-hybridized carbons (Fsp3) is 0.625. The van der Waals surface area contributed by atoms with Crippen molar-refractivity contribution in [3.63, 3.8) is 0 Å². The van der Waals surface area contributed by atoms with E-state index in [0.29, 0.717) is 19.1 Å². The summed E-state index contributed by atoms with van der Waals surface area (Å²) < 4.78 is 18.5. The first-order valence-corrected chi connectivity index (χ1v) is 8.50. The molecule has 0 amide bonds. The van der Waals surface area contributed by atoms with Crippen LogP contribution in [0, 0.1) is 5.92 Å². The summed E-state index contributed by atoms with van der Waals surface area (Å²) >= 11 is 3.61. The third kappa shape index (κ3) is 3.35. The van der Waals surface area contributed by atoms with E-state index in [4.69, 9.17) is 14.2 Å². The van der Waals surface area contributed by atoms with Crippen LogP contribution in [0.2, 0.25) is 0 Å². The molecule has 2 aliphatic heterocycles. The minimum absolute atomic E-state index is 0.137. The van der Waals surface area contributed by atoms with Gasteiger partial charge in [-0.1, -0.05) is 6.92 Å². The summed E-state index contributed by atoms with van der Waals surface area (Å²) in [5.41, 5.74) is 1.17. The number of ether oxygens (including phenoxy) is 3. The Hall–Kier alpha value is -0.780. The van der Waals surface area contributed by atoms with Crippen molar-refractivity contribution in [2.24, 2.45) is 5.92 Å². The highest BCUT2D eigenvalue weighted by Gasteiger charge is 2.31. The van der Waals surface area contributed by atoms with Crippen molar-refractivity contribution in [2.45, 2.75) is 25.9 Å². The van der Waals surface area contributed by atoms with Gasteiger partial charge in [-0.25, -0.2) is 0 Å². The zero-order valence-electron chi connectivity index (χ0n) is 12.4. The third-order valence-electron chi connectivity index (χ3n) is 4.02. The Morgan fingerprint density at radius 1 is 1.24 bits per heavy atom. The molecule has 0 saturated carbocycles. The zero-order valence-corrected chi connectivity index (χ0v) is 13.9. The van der Waals surface area contributed by atoms with Crippen LogP contribution in [0.3, 0.4) is 0 Å². The number of nitrogens with one attached hydrogen (secondary N) is 1. The molecule has 1 N–H and O–H groups in total. The number of halogens is 1. The fourth-order valence-electron chi connectivity index (χ4n) is 2.96. The molecule has 116 valence electrons. The normalized spacial score (nSPS) is 24.9. The van der Waals surface area contributed by atoms with Gasteiger partial charge in [0.25, 0.3) is 0 Å². The summed E-state index contributed by atoms with van der Waals surface area (Å²) in [5.74, 6) is 2.16. The molecule has 1 aromatic carbocycles. The van der Waals surface area contributed by atoms with E-state index in [1.54, 1.807) is 0 Å². The lowest BCUT2D eigenvalue weighted by molar-refractivity contribution is 0.0903. The Bertz CT molecular complexity index is 495. The Balaban J connectivity index is 1.84. The van der Waals surface area contributed by atoms with Crippen molar-refractivity contribution in [1.29, 1.82) is 0 Å². The van der Waals surface area contributed by atoms with Crippen LogP contribution in [0.5, 0.6) is 11.5 Å². The van der Waals surface area contributed by atoms with E-state index in [0.717, 1.165) is 48.5 Å². The molecule has 0 aromatic heterocycles. The predicted molar refractivity (Wildman–Crippen MR) is 85.1 cm³/mol. The number of hydrogen-bond donors (Lipinski definition) is 1. The Morgan fingerprint density at radius 2 is 2.10 bits per heavy atom. The highest BCUT2D eigenvalue weighted by Crippen LogP contribution is 2.43. The van der Waals surface area contributed by atoms with Crippen LogP contribution in [0.25, 0.3) is 0 Å². The van der Waals surface area contributed by atoms with Gasteiger partial charge < -0.3 is 19.5 Å². The standard InChI is InChI=1S/C16H22BrNO3/c1-2-18-10-11-4-7-21-15(11)12-8-13(17)16-14(9-12)19-5-3-6-20-16/h8-9,11,15,18H,2-7,10H2,1H3. The van der Waals surface area contributed by atoms with Crippen LogP contribution in [-0.4, -0.2) is 32.9 Å². The molecule has 2 unspecified atom stereocenters. The summed E-state index contributed by atoms with van der Waals surface area (Å²) in [7, 11) is 0. The fourth-order valence-corrected chi connectivity index (χ4v) is 3.53. The van der Waals surface area contributed by atoms with Gasteiger partial charge in [0, 0.05) is 25.5 Å². The lowest BCUT2D eigenvalue weighted by Crippen LogP contribution is -2.24. The minimum atomic E-state index is 0.137. The Morgan fingerprint density at radius 3 is 2.95 bits per heavy atom. The van der Waals surface area contributed by atoms with Gasteiger partial charge in [-0.2, -0.15) is 0 Å². The van der Waals surface area contributed by atoms with E-state index in [1.165, 1.54) is 5.56 Å². The second-order valence-corrected chi connectivity index (χ2v) is 6.38. The van der Waals surface area contributed by atoms with Crippen molar-refractivity contribution in [1.82, 2.24) is 5.32 Å². The monoisotopic (exact) mass is 355 g/mol. The van der Waals surface area contributed by atoms with Gasteiger partial charge in [0.1, 0.15) is 0 Å². The highest BCUT2D eigenvalue weighted by atomic mass is 79.9. The predicted octanol–water partition coefficient (Wildman–Crippen LogP) is 3.30. The molecule has 21 heavy (non-hydrogen) atoms. The molecule has 0 bridgehead atoms. The minimum Gasteiger partial charge on any atom is -0.490 e. The van der Waals surface area contributed by atoms with E-state index in [1.807, 2.05) is 0 Å². The first kappa shape index (κ1) is 15.1. The number of hydrogen-bond acceptors (Lipinski definition) is 4. The largest absolute Gasteiger partial charge is 0.490 e. The van der Waals surface area contributed by atoms with E-state index in [2.05, 4.69) is 40.3 Å². The van der Waals surface area contributed by atoms with Crippen molar-refractivity contribution < 1.29 is 14.2 Å². The highest BCUT2D eigenvalue weighted by molar-refractivity contribution is 9.10. The molecule has 1 aromatic rings.